The third kappa shape index (κ3) is 3.40. The van der Waals surface area contributed by atoms with E-state index in [1.54, 1.807) is 0 Å². The van der Waals surface area contributed by atoms with Crippen molar-refractivity contribution in [2.24, 2.45) is 5.92 Å². The van der Waals surface area contributed by atoms with Gasteiger partial charge < -0.3 is 10.0 Å². The largest absolute Gasteiger partial charge is 0.396 e. The van der Waals surface area contributed by atoms with E-state index in [1.165, 1.54) is 12.8 Å². The van der Waals surface area contributed by atoms with Crippen LogP contribution in [0.4, 0.5) is 5.82 Å². The Labute approximate surface area is 103 Å². The maximum atomic E-state index is 8.99. The molecule has 17 heavy (non-hydrogen) atoms. The summed E-state index contributed by atoms with van der Waals surface area (Å²) < 4.78 is 0. The molecule has 1 aromatic heterocycles. The van der Waals surface area contributed by atoms with E-state index in [0.717, 1.165) is 37.4 Å². The van der Waals surface area contributed by atoms with Crippen molar-refractivity contribution in [2.75, 3.05) is 24.6 Å². The van der Waals surface area contributed by atoms with Gasteiger partial charge >= 0.3 is 0 Å². The topological polar surface area (TPSA) is 49.2 Å². The Morgan fingerprint density at radius 2 is 2.18 bits per heavy atom. The molecule has 0 radical (unpaired) electrons. The van der Waals surface area contributed by atoms with Gasteiger partial charge in [0.25, 0.3) is 0 Å². The first-order valence-electron chi connectivity index (χ1n) is 6.45. The van der Waals surface area contributed by atoms with Crippen molar-refractivity contribution in [2.45, 2.75) is 32.6 Å². The molecular weight excluding hydrogens is 214 g/mol. The summed E-state index contributed by atoms with van der Waals surface area (Å²) in [5.74, 6) is 1.66. The van der Waals surface area contributed by atoms with Crippen LogP contribution in [-0.4, -0.2) is 35.0 Å². The van der Waals surface area contributed by atoms with E-state index >= 15 is 0 Å². The normalized spacial score (nSPS) is 21.3. The Kier molecular flexibility index (Phi) is 4.31. The Morgan fingerprint density at radius 3 is 2.88 bits per heavy atom. The summed E-state index contributed by atoms with van der Waals surface area (Å²) in [4.78, 5) is 2.31. The van der Waals surface area contributed by atoms with E-state index in [9.17, 15) is 0 Å². The summed E-state index contributed by atoms with van der Waals surface area (Å²) in [6, 6.07) is 4.06. The van der Waals surface area contributed by atoms with Gasteiger partial charge in [0.05, 0.1) is 5.69 Å². The van der Waals surface area contributed by atoms with E-state index in [1.807, 2.05) is 13.0 Å². The number of hydrogen-bond donors (Lipinski definition) is 1. The third-order valence-corrected chi connectivity index (χ3v) is 3.49. The molecule has 2 rings (SSSR count). The van der Waals surface area contributed by atoms with Crippen LogP contribution in [0.15, 0.2) is 12.1 Å². The van der Waals surface area contributed by atoms with Crippen molar-refractivity contribution >= 4 is 5.82 Å². The highest BCUT2D eigenvalue weighted by atomic mass is 16.3. The average molecular weight is 235 g/mol. The van der Waals surface area contributed by atoms with E-state index in [2.05, 4.69) is 21.2 Å². The van der Waals surface area contributed by atoms with Crippen molar-refractivity contribution in [1.29, 1.82) is 0 Å². The molecule has 1 saturated heterocycles. The van der Waals surface area contributed by atoms with Gasteiger partial charge in [-0.15, -0.1) is 5.10 Å². The van der Waals surface area contributed by atoms with Gasteiger partial charge in [0.2, 0.25) is 0 Å². The minimum absolute atomic E-state index is 0.314. The predicted octanol–water partition coefficient (Wildman–Crippen LogP) is 1.77. The maximum absolute atomic E-state index is 8.99. The molecule has 1 aliphatic heterocycles. The minimum atomic E-state index is 0.314. The molecule has 4 heteroatoms. The standard InChI is InChI=1S/C13H21N3O/c1-11-4-5-13(15-14-11)16-8-2-3-12(6-9-16)7-10-17/h4-5,12,17H,2-3,6-10H2,1H3. The molecule has 2 heterocycles. The smallest absolute Gasteiger partial charge is 0.151 e. The summed E-state index contributed by atoms with van der Waals surface area (Å²) >= 11 is 0. The number of nitrogens with zero attached hydrogens (tertiary/aromatic N) is 3. The van der Waals surface area contributed by atoms with Crippen molar-refractivity contribution in [1.82, 2.24) is 10.2 Å². The number of aliphatic hydroxyl groups excluding tert-OH is 1. The SMILES string of the molecule is Cc1ccc(N2CCCC(CCO)CC2)nn1. The van der Waals surface area contributed by atoms with Crippen LogP contribution in [-0.2, 0) is 0 Å². The quantitative estimate of drug-likeness (QED) is 0.867. The first-order chi connectivity index (χ1) is 8.29. The molecule has 0 spiro atoms. The molecular formula is C13H21N3O. The lowest BCUT2D eigenvalue weighted by Crippen LogP contribution is -2.25. The fourth-order valence-electron chi connectivity index (χ4n) is 2.43. The second-order valence-electron chi connectivity index (χ2n) is 4.83. The lowest BCUT2D eigenvalue weighted by Gasteiger charge is -2.20. The Balaban J connectivity index is 1.96. The Morgan fingerprint density at radius 1 is 1.29 bits per heavy atom. The molecule has 1 unspecified atom stereocenters. The molecule has 1 N–H and O–H groups in total. The van der Waals surface area contributed by atoms with Gasteiger partial charge in [-0.25, -0.2) is 0 Å². The zero-order valence-electron chi connectivity index (χ0n) is 10.5. The maximum Gasteiger partial charge on any atom is 0.151 e. The van der Waals surface area contributed by atoms with Crippen LogP contribution in [0.1, 0.15) is 31.4 Å². The highest BCUT2D eigenvalue weighted by Crippen LogP contribution is 2.22. The molecule has 0 amide bonds. The van der Waals surface area contributed by atoms with Gasteiger partial charge in [-0.3, -0.25) is 0 Å². The van der Waals surface area contributed by atoms with Crippen LogP contribution in [0.2, 0.25) is 0 Å². The van der Waals surface area contributed by atoms with Crippen molar-refractivity contribution in [3.05, 3.63) is 17.8 Å². The number of aliphatic hydroxyl groups is 1. The van der Waals surface area contributed by atoms with Gasteiger partial charge in [-0.05, 0) is 50.7 Å². The minimum Gasteiger partial charge on any atom is -0.396 e. The summed E-state index contributed by atoms with van der Waals surface area (Å²) in [5.41, 5.74) is 0.960. The summed E-state index contributed by atoms with van der Waals surface area (Å²) in [7, 11) is 0. The number of aryl methyl sites for hydroxylation is 1. The zero-order valence-corrected chi connectivity index (χ0v) is 10.5. The molecule has 94 valence electrons. The van der Waals surface area contributed by atoms with Crippen LogP contribution < -0.4 is 4.90 Å². The van der Waals surface area contributed by atoms with E-state index < -0.39 is 0 Å². The molecule has 0 bridgehead atoms. The van der Waals surface area contributed by atoms with Crippen LogP contribution in [0.25, 0.3) is 0 Å². The average Bonchev–Trinajstić information content (AvgIpc) is 2.56. The number of rotatable bonds is 3. The van der Waals surface area contributed by atoms with Crippen molar-refractivity contribution in [3.63, 3.8) is 0 Å². The molecule has 0 aliphatic carbocycles. The molecule has 1 aliphatic rings. The van der Waals surface area contributed by atoms with E-state index in [0.29, 0.717) is 12.5 Å². The number of hydrogen-bond acceptors (Lipinski definition) is 4. The monoisotopic (exact) mass is 235 g/mol. The second-order valence-corrected chi connectivity index (χ2v) is 4.83. The van der Waals surface area contributed by atoms with Crippen LogP contribution in [0.3, 0.4) is 0 Å². The molecule has 1 atom stereocenters. The molecule has 4 nitrogen and oxygen atoms in total. The van der Waals surface area contributed by atoms with E-state index in [4.69, 9.17) is 5.11 Å². The first kappa shape index (κ1) is 12.3. The van der Waals surface area contributed by atoms with Gasteiger partial charge in [0.15, 0.2) is 5.82 Å². The third-order valence-electron chi connectivity index (χ3n) is 3.49. The van der Waals surface area contributed by atoms with Gasteiger partial charge in [0, 0.05) is 19.7 Å². The zero-order chi connectivity index (χ0) is 12.1. The second kappa shape index (κ2) is 5.96. The fourth-order valence-corrected chi connectivity index (χ4v) is 2.43. The van der Waals surface area contributed by atoms with Crippen molar-refractivity contribution in [3.8, 4) is 0 Å². The highest BCUT2D eigenvalue weighted by Gasteiger charge is 2.17. The first-order valence-corrected chi connectivity index (χ1v) is 6.45. The summed E-state index contributed by atoms with van der Waals surface area (Å²) in [6.07, 6.45) is 4.49. The molecule has 0 aromatic carbocycles. The predicted molar refractivity (Wildman–Crippen MR) is 68.0 cm³/mol. The van der Waals surface area contributed by atoms with Gasteiger partial charge in [-0.2, -0.15) is 5.10 Å². The van der Waals surface area contributed by atoms with Crippen molar-refractivity contribution < 1.29 is 5.11 Å². The van der Waals surface area contributed by atoms with Crippen LogP contribution in [0, 0.1) is 12.8 Å². The lowest BCUT2D eigenvalue weighted by molar-refractivity contribution is 0.249. The number of anilines is 1. The van der Waals surface area contributed by atoms with E-state index in [-0.39, 0.29) is 0 Å². The Bertz CT molecular complexity index is 339. The summed E-state index contributed by atoms with van der Waals surface area (Å²) in [6.45, 7) is 4.35. The van der Waals surface area contributed by atoms with Gasteiger partial charge in [-0.1, -0.05) is 0 Å². The number of aromatic nitrogens is 2. The molecule has 1 aromatic rings. The van der Waals surface area contributed by atoms with Crippen LogP contribution >= 0.6 is 0 Å². The summed E-state index contributed by atoms with van der Waals surface area (Å²) in [5, 5.41) is 17.3. The Hall–Kier alpha value is -1.16. The highest BCUT2D eigenvalue weighted by molar-refractivity contribution is 5.37. The molecule has 1 fully saturated rings. The fraction of sp³-hybridized carbons (Fsp3) is 0.692. The van der Waals surface area contributed by atoms with Crippen LogP contribution in [0.5, 0.6) is 0 Å². The van der Waals surface area contributed by atoms with Gasteiger partial charge in [0.1, 0.15) is 0 Å². The molecule has 0 saturated carbocycles. The lowest BCUT2D eigenvalue weighted by atomic mass is 9.98.